The van der Waals surface area contributed by atoms with E-state index in [9.17, 15) is 48.5 Å². The molecule has 0 saturated carbocycles. The summed E-state index contributed by atoms with van der Waals surface area (Å²) in [6.45, 7) is 1.28. The molecule has 1 aliphatic carbocycles. The second kappa shape index (κ2) is 23.4. The van der Waals surface area contributed by atoms with Crippen molar-refractivity contribution >= 4 is 58.6 Å². The van der Waals surface area contributed by atoms with Crippen LogP contribution in [0.15, 0.2) is 103 Å². The summed E-state index contributed by atoms with van der Waals surface area (Å²) in [5.41, 5.74) is 9.07. The number of hydrogen-bond donors (Lipinski definition) is 6. The van der Waals surface area contributed by atoms with E-state index in [4.69, 9.17) is 22.1 Å². The summed E-state index contributed by atoms with van der Waals surface area (Å²) in [5, 5.41) is 34.3. The first-order valence-corrected chi connectivity index (χ1v) is 23.1. The van der Waals surface area contributed by atoms with Crippen molar-refractivity contribution in [3.05, 3.63) is 136 Å². The lowest BCUT2D eigenvalue weighted by molar-refractivity contribution is -0.149. The molecular formula is C51H57ClFN5O10. The minimum Gasteiger partial charge on any atom is -0.495 e. The second-order valence-electron chi connectivity index (χ2n) is 17.3. The maximum Gasteiger partial charge on any atom is 0.331 e. The van der Waals surface area contributed by atoms with Gasteiger partial charge in [0.2, 0.25) is 5.91 Å². The number of ether oxygens (including phenoxy) is 1. The number of nitrogens with zero attached hydrogens (tertiary/aromatic N) is 2. The first-order chi connectivity index (χ1) is 32.6. The van der Waals surface area contributed by atoms with E-state index in [2.05, 4.69) is 10.6 Å². The molecule has 2 aliphatic heterocycles. The quantitative estimate of drug-likeness (QED) is 0.0571. The van der Waals surface area contributed by atoms with Crippen LogP contribution in [0.4, 0.5) is 15.8 Å². The van der Waals surface area contributed by atoms with Crippen LogP contribution in [0.2, 0.25) is 5.02 Å². The van der Waals surface area contributed by atoms with Crippen molar-refractivity contribution in [3.8, 4) is 5.75 Å². The number of methoxy groups -OCH3 is 1. The van der Waals surface area contributed by atoms with Gasteiger partial charge in [0.05, 0.1) is 29.4 Å². The Morgan fingerprint density at radius 2 is 1.65 bits per heavy atom. The van der Waals surface area contributed by atoms with Gasteiger partial charge in [-0.05, 0) is 130 Å². The van der Waals surface area contributed by atoms with Crippen LogP contribution in [0.3, 0.4) is 0 Å². The number of benzene rings is 4. The number of likely N-dealkylation sites (tertiary alicyclic amines) is 1. The molecule has 1 spiro atoms. The Balaban J connectivity index is 0.000000235. The number of aryl methyl sites for hydroxylation is 1. The molecule has 4 aromatic carbocycles. The lowest BCUT2D eigenvalue weighted by atomic mass is 9.79. The molecule has 0 radical (unpaired) electrons. The fourth-order valence-electron chi connectivity index (χ4n) is 9.14. The molecule has 17 heteroatoms. The largest absolute Gasteiger partial charge is 0.495 e. The van der Waals surface area contributed by atoms with Gasteiger partial charge in [-0.1, -0.05) is 72.6 Å². The first-order valence-electron chi connectivity index (χ1n) is 22.7. The van der Waals surface area contributed by atoms with Crippen molar-refractivity contribution in [1.82, 2.24) is 10.2 Å². The van der Waals surface area contributed by atoms with Gasteiger partial charge in [0.25, 0.3) is 11.8 Å². The van der Waals surface area contributed by atoms with Crippen LogP contribution in [-0.2, 0) is 32.0 Å². The summed E-state index contributed by atoms with van der Waals surface area (Å²) in [7, 11) is 1.42. The van der Waals surface area contributed by atoms with Crippen molar-refractivity contribution < 1.29 is 53.2 Å². The highest BCUT2D eigenvalue weighted by atomic mass is 35.5. The summed E-state index contributed by atoms with van der Waals surface area (Å²) in [5.74, 6) is -4.47. The number of rotatable bonds is 17. The Labute approximate surface area is 399 Å². The molecule has 1 saturated heterocycles. The van der Waals surface area contributed by atoms with Gasteiger partial charge in [-0.25, -0.2) is 14.0 Å². The van der Waals surface area contributed by atoms with E-state index in [1.54, 1.807) is 23.1 Å². The van der Waals surface area contributed by atoms with E-state index in [1.807, 2.05) is 60.7 Å². The Morgan fingerprint density at radius 1 is 0.897 bits per heavy atom. The van der Waals surface area contributed by atoms with Crippen molar-refractivity contribution in [2.24, 2.45) is 11.1 Å². The number of aliphatic carboxylic acids is 3. The lowest BCUT2D eigenvalue weighted by Crippen LogP contribution is -2.54. The highest BCUT2D eigenvalue weighted by Gasteiger charge is 2.40. The zero-order valence-electron chi connectivity index (χ0n) is 37.8. The van der Waals surface area contributed by atoms with E-state index in [-0.39, 0.29) is 33.6 Å². The third-order valence-electron chi connectivity index (χ3n) is 12.8. The molecule has 360 valence electrons. The number of halogens is 2. The number of amides is 3. The predicted molar refractivity (Wildman–Crippen MR) is 255 cm³/mol. The third kappa shape index (κ3) is 12.7. The van der Waals surface area contributed by atoms with Crippen LogP contribution < -0.4 is 26.0 Å². The molecule has 4 aromatic rings. The molecule has 7 N–H and O–H groups in total. The normalized spacial score (nSPS) is 18.3. The van der Waals surface area contributed by atoms with Crippen molar-refractivity contribution in [2.75, 3.05) is 37.0 Å². The zero-order chi connectivity index (χ0) is 49.0. The number of carbonyl (C=O) groups is 6. The van der Waals surface area contributed by atoms with E-state index in [0.29, 0.717) is 94.2 Å². The van der Waals surface area contributed by atoms with E-state index >= 15 is 0 Å². The van der Waals surface area contributed by atoms with Crippen molar-refractivity contribution in [2.45, 2.75) is 88.8 Å². The monoisotopic (exact) mass is 953 g/mol. The summed E-state index contributed by atoms with van der Waals surface area (Å²) < 4.78 is 19.1. The van der Waals surface area contributed by atoms with E-state index < -0.39 is 47.8 Å². The van der Waals surface area contributed by atoms with E-state index in [0.717, 1.165) is 41.8 Å². The van der Waals surface area contributed by atoms with Gasteiger partial charge in [0.15, 0.2) is 0 Å². The summed E-state index contributed by atoms with van der Waals surface area (Å²) in [4.78, 5) is 77.6. The van der Waals surface area contributed by atoms with Gasteiger partial charge < -0.3 is 40.9 Å². The number of allylic oxidation sites excluding steroid dienone is 1. The number of unbranched alkanes of at least 4 members (excludes halogenated alkanes) is 1. The predicted octanol–water partition coefficient (Wildman–Crippen LogP) is 7.36. The second-order valence-corrected chi connectivity index (χ2v) is 17.7. The molecule has 15 nitrogen and oxygen atoms in total. The SMILES string of the molecule is COc1cc(C(=O)N2CC[C@]3(C=C(C(=O)O)CC3)Cc3ccccc32)ccc1NC(=O)c1cc(F)ccc1Cl.NCCCC[C@H](N[C@@H](CCc1ccccc1)C(=O)O)C(=O)N1CCC[C@H]1C(=O)O. The summed E-state index contributed by atoms with van der Waals surface area (Å²) >= 11 is 6.07. The fourth-order valence-corrected chi connectivity index (χ4v) is 9.34. The maximum atomic E-state index is 13.8. The number of fused-ring (bicyclic) bond motifs is 1. The van der Waals surface area contributed by atoms with E-state index in [1.165, 1.54) is 18.1 Å². The van der Waals surface area contributed by atoms with Gasteiger partial charge in [-0.3, -0.25) is 24.5 Å². The Kier molecular flexibility index (Phi) is 17.5. The lowest BCUT2D eigenvalue weighted by Gasteiger charge is -2.29. The number of hydrogen-bond acceptors (Lipinski definition) is 9. The molecule has 3 aliphatic rings. The van der Waals surface area contributed by atoms with Crippen LogP contribution in [0.1, 0.15) is 89.6 Å². The average Bonchev–Trinajstić information content (AvgIpc) is 3.97. The number of anilines is 2. The Morgan fingerprint density at radius 3 is 2.34 bits per heavy atom. The third-order valence-corrected chi connectivity index (χ3v) is 13.1. The summed E-state index contributed by atoms with van der Waals surface area (Å²) in [6, 6.07) is 23.0. The van der Waals surface area contributed by atoms with Crippen LogP contribution in [0.25, 0.3) is 0 Å². The molecule has 0 bridgehead atoms. The standard InChI is InChI=1S/C30H26ClFN2O5.C21H31N3O5/c1-39-26-14-18(6-9-24(26)33-27(35)22-15-21(32)7-8-23(22)31)28(36)34-13-12-30(11-10-20(17-30)29(37)38)16-19-4-2-3-5-25(19)34;22-13-5-4-9-16(19(25)24-14-6-10-18(24)21(28)29)23-17(20(26)27)12-11-15-7-2-1-3-8-15/h2-9,14-15,17H,10-13,16H2,1H3,(H,33,35)(H,37,38);1-3,7-8,16-18,23H,4-6,9-14,22H2,(H,26,27)(H,28,29)/t30-;16-,17-,18-/m00/s1. The minimum atomic E-state index is -1.02. The summed E-state index contributed by atoms with van der Waals surface area (Å²) in [6.07, 6.45) is 8.16. The number of nitrogens with two attached hydrogens (primary N) is 1. The minimum absolute atomic E-state index is 0.0269. The van der Waals surface area contributed by atoms with Crippen molar-refractivity contribution in [1.29, 1.82) is 0 Å². The number of carboxylic acid groups (broad SMARTS) is 3. The molecule has 0 unspecified atom stereocenters. The Hall–Kier alpha value is -6.62. The van der Waals surface area contributed by atoms with Gasteiger partial charge >= 0.3 is 17.9 Å². The average molecular weight is 954 g/mol. The Bertz CT molecular complexity index is 2520. The van der Waals surface area contributed by atoms with Crippen LogP contribution in [0.5, 0.6) is 5.75 Å². The smallest absolute Gasteiger partial charge is 0.331 e. The highest BCUT2D eigenvalue weighted by molar-refractivity contribution is 6.34. The number of nitrogens with one attached hydrogen (secondary N) is 2. The topological polar surface area (TPSA) is 229 Å². The van der Waals surface area contributed by atoms with Crippen LogP contribution in [-0.4, -0.2) is 101 Å². The highest BCUT2D eigenvalue weighted by Crippen LogP contribution is 2.46. The zero-order valence-corrected chi connectivity index (χ0v) is 38.6. The molecular weight excluding hydrogens is 897 g/mol. The molecule has 7 rings (SSSR count). The molecule has 0 aromatic heterocycles. The molecule has 68 heavy (non-hydrogen) atoms. The van der Waals surface area contributed by atoms with Gasteiger partial charge in [-0.15, -0.1) is 0 Å². The molecule has 1 fully saturated rings. The van der Waals surface area contributed by atoms with Crippen molar-refractivity contribution in [3.63, 3.8) is 0 Å². The number of carbonyl (C=O) groups excluding carboxylic acids is 3. The van der Waals surface area contributed by atoms with Crippen LogP contribution >= 0.6 is 11.6 Å². The molecule has 2 heterocycles. The number of para-hydroxylation sites is 1. The molecule has 3 amide bonds. The fraction of sp³-hybridized carbons (Fsp3) is 0.373. The number of carboxylic acids is 3. The first kappa shape index (κ1) is 50.8. The van der Waals surface area contributed by atoms with Crippen LogP contribution in [0, 0.1) is 11.2 Å². The van der Waals surface area contributed by atoms with Gasteiger partial charge in [-0.2, -0.15) is 0 Å². The van der Waals surface area contributed by atoms with Gasteiger partial charge in [0.1, 0.15) is 23.7 Å². The maximum absolute atomic E-state index is 13.8. The van der Waals surface area contributed by atoms with Gasteiger partial charge in [0, 0.05) is 29.9 Å². The molecule has 4 atom stereocenters.